The van der Waals surface area contributed by atoms with Crippen molar-refractivity contribution in [2.75, 3.05) is 0 Å². The van der Waals surface area contributed by atoms with Gasteiger partial charge in [0, 0.05) is 0 Å². The molecule has 1 N–H and O–H groups in total. The molecule has 2 aliphatic rings. The zero-order valence-corrected chi connectivity index (χ0v) is 14.6. The fraction of sp³-hybridized carbons (Fsp3) is 0.700. The topological polar surface area (TPSA) is 38.7 Å². The van der Waals surface area contributed by atoms with Gasteiger partial charge in [-0.15, -0.1) is 0 Å². The van der Waals surface area contributed by atoms with Gasteiger partial charge >= 0.3 is 0 Å². The average Bonchev–Trinajstić information content (AvgIpc) is 2.52. The molecule has 1 aromatic carbocycles. The molecule has 2 saturated carbocycles. The van der Waals surface area contributed by atoms with Crippen LogP contribution in [-0.2, 0) is 0 Å². The van der Waals surface area contributed by atoms with Crippen molar-refractivity contribution in [2.24, 2.45) is 0 Å². The van der Waals surface area contributed by atoms with Crippen LogP contribution in [0.15, 0.2) is 18.2 Å². The molecule has 0 unspecified atom stereocenters. The molecule has 0 spiro atoms. The molecule has 3 rings (SSSR count). The van der Waals surface area contributed by atoms with Crippen LogP contribution in [0.1, 0.15) is 78.1 Å². The highest BCUT2D eigenvalue weighted by atomic mass is 16.5. The Morgan fingerprint density at radius 2 is 1.30 bits per heavy atom. The van der Waals surface area contributed by atoms with E-state index >= 15 is 0 Å². The lowest BCUT2D eigenvalue weighted by molar-refractivity contribution is 0.0207. The van der Waals surface area contributed by atoms with Crippen molar-refractivity contribution >= 4 is 0 Å². The van der Waals surface area contributed by atoms with E-state index in [-0.39, 0.29) is 17.0 Å². The van der Waals surface area contributed by atoms with Crippen molar-refractivity contribution in [3.8, 4) is 17.2 Å². The lowest BCUT2D eigenvalue weighted by Gasteiger charge is -2.37. The molecule has 3 nitrogen and oxygen atoms in total. The summed E-state index contributed by atoms with van der Waals surface area (Å²) >= 11 is 0. The summed E-state index contributed by atoms with van der Waals surface area (Å²) < 4.78 is 12.7. The van der Waals surface area contributed by atoms with E-state index in [1.54, 1.807) is 6.07 Å². The van der Waals surface area contributed by atoms with E-state index in [4.69, 9.17) is 9.47 Å². The zero-order chi connectivity index (χ0) is 16.3. The second kappa shape index (κ2) is 6.62. The second-order valence-corrected chi connectivity index (χ2v) is 7.83. The van der Waals surface area contributed by atoms with Crippen LogP contribution in [0.3, 0.4) is 0 Å². The summed E-state index contributed by atoms with van der Waals surface area (Å²) in [5, 5.41) is 10.3. The molecule has 23 heavy (non-hydrogen) atoms. The van der Waals surface area contributed by atoms with Crippen molar-refractivity contribution in [3.63, 3.8) is 0 Å². The van der Waals surface area contributed by atoms with Gasteiger partial charge in [0.15, 0.2) is 11.5 Å². The summed E-state index contributed by atoms with van der Waals surface area (Å²) in [6.45, 7) is 4.34. The van der Waals surface area contributed by atoms with Crippen LogP contribution < -0.4 is 9.47 Å². The highest BCUT2D eigenvalue weighted by molar-refractivity contribution is 5.51. The molecule has 0 aromatic heterocycles. The number of hydrogen-bond acceptors (Lipinski definition) is 3. The maximum Gasteiger partial charge on any atom is 0.203 e. The van der Waals surface area contributed by atoms with E-state index in [2.05, 4.69) is 13.8 Å². The summed E-state index contributed by atoms with van der Waals surface area (Å²) in [5.74, 6) is 1.42. The number of rotatable bonds is 4. The Hall–Kier alpha value is -1.38. The molecule has 0 radical (unpaired) electrons. The normalized spacial score (nSPS) is 23.2. The van der Waals surface area contributed by atoms with Crippen molar-refractivity contribution in [1.82, 2.24) is 0 Å². The van der Waals surface area contributed by atoms with Crippen molar-refractivity contribution in [1.29, 1.82) is 0 Å². The number of benzene rings is 1. The molecule has 3 heteroatoms. The lowest BCUT2D eigenvalue weighted by atomic mass is 9.86. The van der Waals surface area contributed by atoms with E-state index in [1.165, 1.54) is 38.5 Å². The molecule has 128 valence electrons. The first-order chi connectivity index (χ1) is 11.0. The summed E-state index contributed by atoms with van der Waals surface area (Å²) in [6.07, 6.45) is 11.6. The summed E-state index contributed by atoms with van der Waals surface area (Å²) in [7, 11) is 0. The minimum atomic E-state index is -0.192. The third kappa shape index (κ3) is 3.94. The fourth-order valence-electron chi connectivity index (χ4n) is 4.00. The van der Waals surface area contributed by atoms with Gasteiger partial charge in [0.05, 0.1) is 0 Å². The molecule has 2 fully saturated rings. The monoisotopic (exact) mass is 318 g/mol. The van der Waals surface area contributed by atoms with Crippen LogP contribution in [0, 0.1) is 0 Å². The molecular formula is C20H30O3. The first-order valence-electron chi connectivity index (χ1n) is 9.20. The van der Waals surface area contributed by atoms with E-state index in [0.29, 0.717) is 11.5 Å². The molecule has 0 aliphatic heterocycles. The van der Waals surface area contributed by atoms with Gasteiger partial charge in [-0.2, -0.15) is 0 Å². The van der Waals surface area contributed by atoms with Crippen LogP contribution in [-0.4, -0.2) is 16.3 Å². The predicted molar refractivity (Wildman–Crippen MR) is 92.3 cm³/mol. The van der Waals surface area contributed by atoms with Crippen molar-refractivity contribution < 1.29 is 14.6 Å². The van der Waals surface area contributed by atoms with Gasteiger partial charge in [0.1, 0.15) is 11.2 Å². The van der Waals surface area contributed by atoms with Gasteiger partial charge in [0.25, 0.3) is 0 Å². The fourth-order valence-corrected chi connectivity index (χ4v) is 4.00. The number of ether oxygens (including phenoxy) is 2. The van der Waals surface area contributed by atoms with Crippen LogP contribution >= 0.6 is 0 Å². The molecule has 0 atom stereocenters. The van der Waals surface area contributed by atoms with Crippen LogP contribution in [0.5, 0.6) is 17.2 Å². The Labute approximate surface area is 140 Å². The lowest BCUT2D eigenvalue weighted by Crippen LogP contribution is -2.36. The van der Waals surface area contributed by atoms with Gasteiger partial charge < -0.3 is 14.6 Å². The van der Waals surface area contributed by atoms with Crippen LogP contribution in [0.2, 0.25) is 0 Å². The first kappa shape index (κ1) is 16.5. The van der Waals surface area contributed by atoms with Gasteiger partial charge in [-0.3, -0.25) is 0 Å². The van der Waals surface area contributed by atoms with Gasteiger partial charge in [0.2, 0.25) is 5.75 Å². The number of aromatic hydroxyl groups is 1. The van der Waals surface area contributed by atoms with Gasteiger partial charge in [-0.05, 0) is 77.3 Å². The first-order valence-corrected chi connectivity index (χ1v) is 9.20. The summed E-state index contributed by atoms with van der Waals surface area (Å²) in [6, 6.07) is 5.46. The Balaban J connectivity index is 1.81. The molecular weight excluding hydrogens is 288 g/mol. The van der Waals surface area contributed by atoms with Crippen molar-refractivity contribution in [2.45, 2.75) is 89.3 Å². The number of hydrogen-bond donors (Lipinski definition) is 1. The number of para-hydroxylation sites is 1. The Bertz CT molecular complexity index is 526. The molecule has 0 bridgehead atoms. The van der Waals surface area contributed by atoms with Crippen LogP contribution in [0.4, 0.5) is 0 Å². The van der Waals surface area contributed by atoms with Gasteiger partial charge in [-0.1, -0.05) is 18.9 Å². The van der Waals surface area contributed by atoms with E-state index in [1.807, 2.05) is 12.1 Å². The van der Waals surface area contributed by atoms with E-state index in [0.717, 1.165) is 25.7 Å². The third-order valence-corrected chi connectivity index (χ3v) is 5.49. The molecule has 0 amide bonds. The Morgan fingerprint density at radius 3 is 1.87 bits per heavy atom. The summed E-state index contributed by atoms with van der Waals surface area (Å²) in [4.78, 5) is 0. The summed E-state index contributed by atoms with van der Waals surface area (Å²) in [5.41, 5.74) is -0.333. The highest BCUT2D eigenvalue weighted by Gasteiger charge is 2.33. The quantitative estimate of drug-likeness (QED) is 0.786. The smallest absolute Gasteiger partial charge is 0.203 e. The third-order valence-electron chi connectivity index (χ3n) is 5.49. The SMILES string of the molecule is CC1(Oc2cccc(O)c2OC2(C)CCCCC2)CCCCC1. The standard InChI is InChI=1S/C20H30O3/c1-19(12-5-3-6-13-19)22-17-11-9-10-16(21)18(17)23-20(2)14-7-4-8-15-20/h9-11,21H,3-8,12-15H2,1-2H3. The average molecular weight is 318 g/mol. The molecule has 0 heterocycles. The predicted octanol–water partition coefficient (Wildman–Crippen LogP) is 5.60. The minimum absolute atomic E-state index is 0.141. The van der Waals surface area contributed by atoms with Crippen molar-refractivity contribution in [3.05, 3.63) is 18.2 Å². The van der Waals surface area contributed by atoms with E-state index < -0.39 is 0 Å². The van der Waals surface area contributed by atoms with E-state index in [9.17, 15) is 5.11 Å². The minimum Gasteiger partial charge on any atom is -0.504 e. The number of phenols is 1. The second-order valence-electron chi connectivity index (χ2n) is 7.83. The Morgan fingerprint density at radius 1 is 0.783 bits per heavy atom. The largest absolute Gasteiger partial charge is 0.504 e. The van der Waals surface area contributed by atoms with Gasteiger partial charge in [-0.25, -0.2) is 0 Å². The maximum atomic E-state index is 10.3. The highest BCUT2D eigenvalue weighted by Crippen LogP contribution is 2.44. The molecule has 2 aliphatic carbocycles. The van der Waals surface area contributed by atoms with Crippen LogP contribution in [0.25, 0.3) is 0 Å². The molecule has 1 aromatic rings. The Kier molecular flexibility index (Phi) is 4.74. The maximum absolute atomic E-state index is 10.3. The zero-order valence-electron chi connectivity index (χ0n) is 14.6. The molecule has 0 saturated heterocycles. The number of phenolic OH excluding ortho intramolecular Hbond substituents is 1.